The molecule has 5 N–H and O–H groups in total. The van der Waals surface area contributed by atoms with Gasteiger partial charge in [0.2, 0.25) is 5.91 Å². The molecule has 1 aliphatic rings. The lowest BCUT2D eigenvalue weighted by molar-refractivity contribution is -0.142. The molecule has 7 heteroatoms. The SMILES string of the molecule is CC.NC(=O)CCC(C(=O)O)N1Cc2c(N)cccc2C1=O. The topological polar surface area (TPSA) is 127 Å². The van der Waals surface area contributed by atoms with E-state index in [4.69, 9.17) is 11.5 Å². The van der Waals surface area contributed by atoms with Crippen molar-refractivity contribution in [1.82, 2.24) is 4.90 Å². The third kappa shape index (κ3) is 3.55. The maximum absolute atomic E-state index is 12.2. The number of carbonyl (C=O) groups excluding carboxylic acids is 2. The molecule has 7 nitrogen and oxygen atoms in total. The molecule has 1 aromatic rings. The van der Waals surface area contributed by atoms with Gasteiger partial charge in [-0.25, -0.2) is 4.79 Å². The van der Waals surface area contributed by atoms with Crippen molar-refractivity contribution >= 4 is 23.5 Å². The fourth-order valence-corrected chi connectivity index (χ4v) is 2.32. The van der Waals surface area contributed by atoms with Crippen molar-refractivity contribution in [3.8, 4) is 0 Å². The van der Waals surface area contributed by atoms with E-state index < -0.39 is 17.9 Å². The summed E-state index contributed by atoms with van der Waals surface area (Å²) in [5.41, 5.74) is 12.3. The first-order chi connectivity index (χ1) is 10.4. The van der Waals surface area contributed by atoms with Crippen molar-refractivity contribution < 1.29 is 19.5 Å². The van der Waals surface area contributed by atoms with E-state index in [-0.39, 0.29) is 25.3 Å². The molecule has 22 heavy (non-hydrogen) atoms. The predicted octanol–water partition coefficient (Wildman–Crippen LogP) is 0.970. The second kappa shape index (κ2) is 7.44. The minimum absolute atomic E-state index is 0.00962. The summed E-state index contributed by atoms with van der Waals surface area (Å²) in [5.74, 6) is -2.14. The number of nitrogen functional groups attached to an aromatic ring is 1. The molecule has 1 unspecified atom stereocenters. The minimum Gasteiger partial charge on any atom is -0.480 e. The first-order valence-corrected chi connectivity index (χ1v) is 7.11. The van der Waals surface area contributed by atoms with Gasteiger partial charge in [-0.3, -0.25) is 9.59 Å². The molecular formula is C15H21N3O4. The number of carbonyl (C=O) groups is 3. The Bertz CT molecular complexity index is 586. The molecule has 0 saturated heterocycles. The van der Waals surface area contributed by atoms with Gasteiger partial charge < -0.3 is 21.5 Å². The molecule has 0 saturated carbocycles. The van der Waals surface area contributed by atoms with Crippen molar-refractivity contribution in [2.75, 3.05) is 5.73 Å². The highest BCUT2D eigenvalue weighted by molar-refractivity contribution is 6.01. The van der Waals surface area contributed by atoms with E-state index >= 15 is 0 Å². The van der Waals surface area contributed by atoms with Gasteiger partial charge in [-0.05, 0) is 18.6 Å². The quantitative estimate of drug-likeness (QED) is 0.698. The summed E-state index contributed by atoms with van der Waals surface area (Å²) >= 11 is 0. The lowest BCUT2D eigenvalue weighted by Crippen LogP contribution is -2.42. The molecule has 2 amide bonds. The highest BCUT2D eigenvalue weighted by atomic mass is 16.4. The molecular weight excluding hydrogens is 286 g/mol. The Morgan fingerprint density at radius 3 is 2.50 bits per heavy atom. The third-order valence-electron chi connectivity index (χ3n) is 3.36. The van der Waals surface area contributed by atoms with Crippen LogP contribution < -0.4 is 11.5 Å². The highest BCUT2D eigenvalue weighted by Gasteiger charge is 2.37. The van der Waals surface area contributed by atoms with Crippen molar-refractivity contribution in [3.05, 3.63) is 29.3 Å². The van der Waals surface area contributed by atoms with Crippen LogP contribution in [0.5, 0.6) is 0 Å². The van der Waals surface area contributed by atoms with Gasteiger partial charge in [0.15, 0.2) is 0 Å². The molecule has 0 fully saturated rings. The number of primary amides is 1. The Morgan fingerprint density at radius 2 is 2.00 bits per heavy atom. The van der Waals surface area contributed by atoms with Gasteiger partial charge in [0.05, 0.1) is 0 Å². The molecule has 0 aromatic heterocycles. The predicted molar refractivity (Wildman–Crippen MR) is 81.9 cm³/mol. The number of hydrogen-bond acceptors (Lipinski definition) is 4. The van der Waals surface area contributed by atoms with Gasteiger partial charge in [0.25, 0.3) is 5.91 Å². The summed E-state index contributed by atoms with van der Waals surface area (Å²) in [5, 5.41) is 9.24. The average Bonchev–Trinajstić information content (AvgIpc) is 2.80. The average molecular weight is 307 g/mol. The fraction of sp³-hybridized carbons (Fsp3) is 0.400. The van der Waals surface area contributed by atoms with Gasteiger partial charge in [0, 0.05) is 29.8 Å². The molecule has 1 aromatic carbocycles. The van der Waals surface area contributed by atoms with Gasteiger partial charge in [0.1, 0.15) is 6.04 Å². The zero-order valence-corrected chi connectivity index (χ0v) is 12.7. The highest BCUT2D eigenvalue weighted by Crippen LogP contribution is 2.29. The summed E-state index contributed by atoms with van der Waals surface area (Å²) < 4.78 is 0. The Balaban J connectivity index is 0.00000116. The van der Waals surface area contributed by atoms with E-state index in [0.717, 1.165) is 0 Å². The van der Waals surface area contributed by atoms with Crippen LogP contribution in [0.25, 0.3) is 0 Å². The van der Waals surface area contributed by atoms with E-state index in [2.05, 4.69) is 0 Å². The summed E-state index contributed by atoms with van der Waals surface area (Å²) in [7, 11) is 0. The van der Waals surface area contributed by atoms with E-state index in [1.807, 2.05) is 13.8 Å². The lowest BCUT2D eigenvalue weighted by atomic mass is 10.1. The first kappa shape index (κ1) is 17.5. The van der Waals surface area contributed by atoms with Crippen LogP contribution in [-0.4, -0.2) is 33.8 Å². The first-order valence-electron chi connectivity index (χ1n) is 7.11. The van der Waals surface area contributed by atoms with Crippen molar-refractivity contribution in [2.24, 2.45) is 5.73 Å². The monoisotopic (exact) mass is 307 g/mol. The van der Waals surface area contributed by atoms with Crippen molar-refractivity contribution in [2.45, 2.75) is 39.3 Å². The van der Waals surface area contributed by atoms with E-state index in [9.17, 15) is 19.5 Å². The summed E-state index contributed by atoms with van der Waals surface area (Å²) in [4.78, 5) is 35.5. The number of carboxylic acids is 1. The molecule has 1 atom stereocenters. The van der Waals surface area contributed by atoms with Crippen molar-refractivity contribution in [1.29, 1.82) is 0 Å². The molecule has 0 bridgehead atoms. The Hall–Kier alpha value is -2.57. The Labute approximate surface area is 128 Å². The third-order valence-corrected chi connectivity index (χ3v) is 3.36. The maximum atomic E-state index is 12.2. The minimum atomic E-state index is -1.16. The van der Waals surface area contributed by atoms with Crippen LogP contribution in [0, 0.1) is 0 Å². The van der Waals surface area contributed by atoms with Gasteiger partial charge in [-0.1, -0.05) is 19.9 Å². The number of nitrogens with two attached hydrogens (primary N) is 2. The number of carboxylic acid groups (broad SMARTS) is 1. The van der Waals surface area contributed by atoms with Gasteiger partial charge in [-0.2, -0.15) is 0 Å². The largest absolute Gasteiger partial charge is 0.480 e. The Kier molecular flexibility index (Phi) is 5.91. The number of benzene rings is 1. The fourth-order valence-electron chi connectivity index (χ4n) is 2.32. The number of hydrogen-bond donors (Lipinski definition) is 3. The van der Waals surface area contributed by atoms with Crippen LogP contribution in [0.15, 0.2) is 18.2 Å². The standard InChI is InChI=1S/C13H15N3O4.C2H6/c14-9-3-1-2-7-8(9)6-16(12(7)18)10(13(19)20)4-5-11(15)17;1-2/h1-3,10H,4-6,14H2,(H2,15,17)(H,19,20);1-2H3. The van der Waals surface area contributed by atoms with Crippen LogP contribution in [0.2, 0.25) is 0 Å². The lowest BCUT2D eigenvalue weighted by Gasteiger charge is -2.23. The van der Waals surface area contributed by atoms with Crippen LogP contribution in [0.4, 0.5) is 5.69 Å². The molecule has 0 aliphatic carbocycles. The number of aliphatic carboxylic acids is 1. The van der Waals surface area contributed by atoms with E-state index in [1.165, 1.54) is 4.90 Å². The zero-order valence-electron chi connectivity index (χ0n) is 12.7. The van der Waals surface area contributed by atoms with Crippen LogP contribution in [0.3, 0.4) is 0 Å². The number of rotatable bonds is 5. The van der Waals surface area contributed by atoms with Crippen LogP contribution in [0.1, 0.15) is 42.6 Å². The number of amides is 2. The van der Waals surface area contributed by atoms with E-state index in [1.54, 1.807) is 18.2 Å². The molecule has 2 rings (SSSR count). The number of nitrogens with zero attached hydrogens (tertiary/aromatic N) is 1. The van der Waals surface area contributed by atoms with E-state index in [0.29, 0.717) is 16.8 Å². The molecule has 1 heterocycles. The number of anilines is 1. The van der Waals surface area contributed by atoms with Crippen LogP contribution >= 0.6 is 0 Å². The molecule has 0 spiro atoms. The maximum Gasteiger partial charge on any atom is 0.326 e. The molecule has 120 valence electrons. The van der Waals surface area contributed by atoms with Crippen LogP contribution in [-0.2, 0) is 16.1 Å². The number of fused-ring (bicyclic) bond motifs is 1. The van der Waals surface area contributed by atoms with Gasteiger partial charge >= 0.3 is 5.97 Å². The molecule has 0 radical (unpaired) electrons. The zero-order chi connectivity index (χ0) is 16.9. The molecule has 1 aliphatic heterocycles. The van der Waals surface area contributed by atoms with Gasteiger partial charge in [-0.15, -0.1) is 0 Å². The second-order valence-corrected chi connectivity index (χ2v) is 4.67. The summed E-state index contributed by atoms with van der Waals surface area (Å²) in [6, 6.07) is 3.84. The summed E-state index contributed by atoms with van der Waals surface area (Å²) in [6.07, 6.45) is -0.100. The summed E-state index contributed by atoms with van der Waals surface area (Å²) in [6.45, 7) is 4.14. The second-order valence-electron chi connectivity index (χ2n) is 4.67. The smallest absolute Gasteiger partial charge is 0.326 e. The normalized spacial score (nSPS) is 13.9. The van der Waals surface area contributed by atoms with Crippen molar-refractivity contribution in [3.63, 3.8) is 0 Å². The Morgan fingerprint density at radius 1 is 1.36 bits per heavy atom.